The van der Waals surface area contributed by atoms with Crippen molar-refractivity contribution in [3.05, 3.63) is 170 Å². The van der Waals surface area contributed by atoms with Crippen LogP contribution in [0.3, 0.4) is 0 Å². The highest BCUT2D eigenvalue weighted by Crippen LogP contribution is 2.41. The van der Waals surface area contributed by atoms with Crippen LogP contribution in [0.5, 0.6) is 0 Å². The predicted molar refractivity (Wildman–Crippen MR) is 203 cm³/mol. The van der Waals surface area contributed by atoms with Crippen molar-refractivity contribution in [3.8, 4) is 67.0 Å². The molecule has 49 heavy (non-hydrogen) atoms. The van der Waals surface area contributed by atoms with Crippen LogP contribution in [0.25, 0.3) is 88.0 Å². The first-order chi connectivity index (χ1) is 24.3. The summed E-state index contributed by atoms with van der Waals surface area (Å²) in [5.41, 5.74) is 9.50. The van der Waals surface area contributed by atoms with Gasteiger partial charge in [0.1, 0.15) is 5.01 Å². The van der Waals surface area contributed by atoms with E-state index in [1.54, 1.807) is 11.3 Å². The molecule has 2 heterocycles. The quantitative estimate of drug-likeness (QED) is 0.181. The smallest absolute Gasteiger partial charge is 0.164 e. The van der Waals surface area contributed by atoms with Gasteiger partial charge in [-0.25, -0.2) is 19.9 Å². The van der Waals surface area contributed by atoms with E-state index in [9.17, 15) is 0 Å². The first-order valence-corrected chi connectivity index (χ1v) is 17.0. The monoisotopic (exact) mass is 644 g/mol. The van der Waals surface area contributed by atoms with Crippen molar-refractivity contribution < 1.29 is 0 Å². The average Bonchev–Trinajstić information content (AvgIpc) is 3.62. The lowest BCUT2D eigenvalue weighted by molar-refractivity contribution is 1.07. The lowest BCUT2D eigenvalue weighted by atomic mass is 9.90. The van der Waals surface area contributed by atoms with Gasteiger partial charge in [-0.2, -0.15) is 0 Å². The van der Waals surface area contributed by atoms with Gasteiger partial charge in [0.15, 0.2) is 17.5 Å². The van der Waals surface area contributed by atoms with Crippen molar-refractivity contribution in [2.75, 3.05) is 0 Å². The molecular weight excluding hydrogens is 617 g/mol. The summed E-state index contributed by atoms with van der Waals surface area (Å²) in [5.74, 6) is 1.92. The van der Waals surface area contributed by atoms with Gasteiger partial charge in [-0.1, -0.05) is 152 Å². The van der Waals surface area contributed by atoms with Crippen LogP contribution in [0.1, 0.15) is 0 Å². The SMILES string of the molecule is c1ccc(-c2nc(-c3ccccc3)nc(-c3ccc(-c4ccc5nc(-c6ccccc6)sc5c4)c(-c4cccc5ccccc45)c3)n2)cc1. The van der Waals surface area contributed by atoms with E-state index in [2.05, 4.69) is 103 Å². The van der Waals surface area contributed by atoms with E-state index in [0.717, 1.165) is 59.7 Å². The second kappa shape index (κ2) is 12.4. The largest absolute Gasteiger partial charge is 0.236 e. The summed E-state index contributed by atoms with van der Waals surface area (Å²) in [6.45, 7) is 0. The molecule has 0 atom stereocenters. The molecule has 2 aromatic heterocycles. The third-order valence-corrected chi connectivity index (χ3v) is 9.84. The van der Waals surface area contributed by atoms with E-state index in [0.29, 0.717) is 17.5 Å². The van der Waals surface area contributed by atoms with Crippen molar-refractivity contribution in [2.24, 2.45) is 0 Å². The second-order valence-electron chi connectivity index (χ2n) is 11.9. The average molecular weight is 645 g/mol. The Hall–Kier alpha value is -6.30. The Labute approximate surface area is 288 Å². The highest BCUT2D eigenvalue weighted by molar-refractivity contribution is 7.21. The fourth-order valence-corrected chi connectivity index (χ4v) is 7.36. The first-order valence-electron chi connectivity index (χ1n) is 16.2. The Bertz CT molecular complexity index is 2530. The predicted octanol–water partition coefficient (Wildman–Crippen LogP) is 11.6. The van der Waals surface area contributed by atoms with Crippen LogP contribution in [-0.2, 0) is 0 Å². The second-order valence-corrected chi connectivity index (χ2v) is 12.9. The van der Waals surface area contributed by atoms with Crippen LogP contribution in [0, 0.1) is 0 Å². The minimum Gasteiger partial charge on any atom is -0.236 e. The van der Waals surface area contributed by atoms with Crippen LogP contribution < -0.4 is 0 Å². The summed E-state index contributed by atoms with van der Waals surface area (Å²) in [5, 5.41) is 3.41. The summed E-state index contributed by atoms with van der Waals surface area (Å²) >= 11 is 1.72. The van der Waals surface area contributed by atoms with Gasteiger partial charge in [0.05, 0.1) is 10.2 Å². The zero-order valence-electron chi connectivity index (χ0n) is 26.4. The Balaban J connectivity index is 1.25. The van der Waals surface area contributed by atoms with Gasteiger partial charge in [-0.15, -0.1) is 11.3 Å². The summed E-state index contributed by atoms with van der Waals surface area (Å²) in [4.78, 5) is 20.0. The molecule has 0 unspecified atom stereocenters. The Morgan fingerprint density at radius 2 is 0.918 bits per heavy atom. The lowest BCUT2D eigenvalue weighted by Gasteiger charge is -2.15. The summed E-state index contributed by atoms with van der Waals surface area (Å²) in [6.07, 6.45) is 0. The fourth-order valence-electron chi connectivity index (χ4n) is 6.35. The number of aromatic nitrogens is 4. The van der Waals surface area contributed by atoms with Gasteiger partial charge in [0.2, 0.25) is 0 Å². The van der Waals surface area contributed by atoms with E-state index in [1.165, 1.54) is 10.8 Å². The molecule has 9 aromatic rings. The number of fused-ring (bicyclic) bond motifs is 2. The van der Waals surface area contributed by atoms with Crippen molar-refractivity contribution in [2.45, 2.75) is 0 Å². The molecule has 0 amide bonds. The standard InChI is InChI=1S/C44H28N4S/c1-4-14-30(15-5-1)41-46-42(31-16-6-2-7-17-31)48-43(47-41)34-23-25-36(38(27-34)37-22-12-20-29-13-10-11-21-35(29)37)33-24-26-39-40(28-33)49-44(45-39)32-18-8-3-9-19-32/h1-28H. The van der Waals surface area contributed by atoms with Gasteiger partial charge < -0.3 is 0 Å². The Morgan fingerprint density at radius 3 is 1.61 bits per heavy atom. The number of hydrogen-bond acceptors (Lipinski definition) is 5. The highest BCUT2D eigenvalue weighted by Gasteiger charge is 2.17. The van der Waals surface area contributed by atoms with Gasteiger partial charge in [-0.3, -0.25) is 0 Å². The van der Waals surface area contributed by atoms with Crippen LogP contribution in [0.4, 0.5) is 0 Å². The maximum absolute atomic E-state index is 5.04. The Kier molecular flexibility index (Phi) is 7.30. The van der Waals surface area contributed by atoms with Crippen LogP contribution in [0.2, 0.25) is 0 Å². The van der Waals surface area contributed by atoms with Crippen molar-refractivity contribution in [1.82, 2.24) is 19.9 Å². The molecule has 5 heteroatoms. The van der Waals surface area contributed by atoms with Crippen molar-refractivity contribution in [1.29, 1.82) is 0 Å². The molecule has 0 fully saturated rings. The molecule has 0 saturated heterocycles. The Morgan fingerprint density at radius 1 is 0.347 bits per heavy atom. The molecule has 7 aromatic carbocycles. The summed E-state index contributed by atoms with van der Waals surface area (Å²) in [6, 6.07) is 58.8. The zero-order valence-corrected chi connectivity index (χ0v) is 27.2. The van der Waals surface area contributed by atoms with Crippen LogP contribution >= 0.6 is 11.3 Å². The van der Waals surface area contributed by atoms with E-state index < -0.39 is 0 Å². The van der Waals surface area contributed by atoms with Crippen molar-refractivity contribution in [3.63, 3.8) is 0 Å². The van der Waals surface area contributed by atoms with Gasteiger partial charge in [0.25, 0.3) is 0 Å². The molecule has 9 rings (SSSR count). The lowest BCUT2D eigenvalue weighted by Crippen LogP contribution is -2.00. The molecule has 0 bridgehead atoms. The fraction of sp³-hybridized carbons (Fsp3) is 0. The van der Waals surface area contributed by atoms with Crippen LogP contribution in [0.15, 0.2) is 170 Å². The maximum atomic E-state index is 5.04. The van der Waals surface area contributed by atoms with E-state index in [1.807, 2.05) is 66.7 Å². The van der Waals surface area contributed by atoms with Crippen molar-refractivity contribution >= 4 is 32.3 Å². The molecule has 0 radical (unpaired) electrons. The topological polar surface area (TPSA) is 51.6 Å². The van der Waals surface area contributed by atoms with Gasteiger partial charge in [-0.05, 0) is 51.2 Å². The van der Waals surface area contributed by atoms with E-state index in [4.69, 9.17) is 19.9 Å². The highest BCUT2D eigenvalue weighted by atomic mass is 32.1. The van der Waals surface area contributed by atoms with E-state index in [-0.39, 0.29) is 0 Å². The molecule has 230 valence electrons. The van der Waals surface area contributed by atoms with Gasteiger partial charge in [0, 0.05) is 22.3 Å². The minimum atomic E-state index is 0.631. The molecule has 0 aliphatic carbocycles. The summed E-state index contributed by atoms with van der Waals surface area (Å²) < 4.78 is 1.15. The molecule has 0 aliphatic heterocycles. The number of nitrogens with zero attached hydrogens (tertiary/aromatic N) is 4. The van der Waals surface area contributed by atoms with Crippen LogP contribution in [-0.4, -0.2) is 19.9 Å². The maximum Gasteiger partial charge on any atom is 0.164 e. The molecule has 0 aliphatic rings. The molecule has 0 spiro atoms. The van der Waals surface area contributed by atoms with E-state index >= 15 is 0 Å². The third-order valence-electron chi connectivity index (χ3n) is 8.78. The number of hydrogen-bond donors (Lipinski definition) is 0. The number of thiazole rings is 1. The third kappa shape index (κ3) is 5.56. The molecule has 0 N–H and O–H groups in total. The first kappa shape index (κ1) is 28.9. The number of benzene rings is 7. The minimum absolute atomic E-state index is 0.631. The van der Waals surface area contributed by atoms with Gasteiger partial charge >= 0.3 is 0 Å². The molecular formula is C44H28N4S. The normalized spacial score (nSPS) is 11.3. The summed E-state index contributed by atoms with van der Waals surface area (Å²) in [7, 11) is 0. The molecule has 4 nitrogen and oxygen atoms in total. The zero-order chi connectivity index (χ0) is 32.6. The number of rotatable bonds is 6. The molecule has 0 saturated carbocycles.